The molecule has 0 spiro atoms. The first-order valence-corrected chi connectivity index (χ1v) is 9.85. The highest BCUT2D eigenvalue weighted by Crippen LogP contribution is 2.39. The Bertz CT molecular complexity index is 1000. The highest BCUT2D eigenvalue weighted by atomic mass is 35.5. The van der Waals surface area contributed by atoms with Crippen molar-refractivity contribution in [2.45, 2.75) is 18.2 Å². The van der Waals surface area contributed by atoms with Crippen LogP contribution in [0.5, 0.6) is 0 Å². The second-order valence-electron chi connectivity index (χ2n) is 5.18. The Morgan fingerprint density at radius 3 is 2.58 bits per heavy atom. The molecule has 4 nitrogen and oxygen atoms in total. The molecule has 1 aromatic carbocycles. The average molecular weight is 385 g/mol. The molecule has 0 saturated carbocycles. The molecule has 0 aliphatic carbocycles. The van der Waals surface area contributed by atoms with Crippen molar-refractivity contribution in [3.63, 3.8) is 0 Å². The zero-order valence-electron chi connectivity index (χ0n) is 13.0. The standard InChI is InChI=1S/C16H14ClFN2O2S2/c1-3-10-8-19-16-14(13(17)9-23-16)15(10)20(2)24(21,22)12-6-4-11(18)5-7-12/h4-9H,3H2,1-2H3. The summed E-state index contributed by atoms with van der Waals surface area (Å²) in [5, 5.41) is 2.82. The summed E-state index contributed by atoms with van der Waals surface area (Å²) in [7, 11) is -2.37. The molecule has 2 aromatic heterocycles. The van der Waals surface area contributed by atoms with Crippen LogP contribution in [-0.2, 0) is 16.4 Å². The molecule has 3 rings (SSSR count). The number of fused-ring (bicyclic) bond motifs is 1. The molecule has 0 aliphatic rings. The number of nitrogens with zero attached hydrogens (tertiary/aromatic N) is 2. The molecule has 0 radical (unpaired) electrons. The molecule has 2 heterocycles. The number of benzene rings is 1. The Morgan fingerprint density at radius 1 is 1.29 bits per heavy atom. The molecule has 0 amide bonds. The smallest absolute Gasteiger partial charge is 0.264 e. The summed E-state index contributed by atoms with van der Waals surface area (Å²) < 4.78 is 40.2. The molecule has 8 heteroatoms. The molecule has 0 unspecified atom stereocenters. The lowest BCUT2D eigenvalue weighted by atomic mass is 10.1. The second-order valence-corrected chi connectivity index (χ2v) is 8.41. The van der Waals surface area contributed by atoms with Gasteiger partial charge in [0.2, 0.25) is 0 Å². The van der Waals surface area contributed by atoms with E-state index in [-0.39, 0.29) is 4.90 Å². The molecule has 0 saturated heterocycles. The summed E-state index contributed by atoms with van der Waals surface area (Å²) >= 11 is 7.63. The lowest BCUT2D eigenvalue weighted by Gasteiger charge is -2.23. The number of sulfonamides is 1. The summed E-state index contributed by atoms with van der Waals surface area (Å²) in [4.78, 5) is 5.04. The number of aromatic nitrogens is 1. The molecular weight excluding hydrogens is 371 g/mol. The van der Waals surface area contributed by atoms with Gasteiger partial charge in [0.15, 0.2) is 0 Å². The Hall–Kier alpha value is -1.70. The highest BCUT2D eigenvalue weighted by molar-refractivity contribution is 7.92. The van der Waals surface area contributed by atoms with Crippen LogP contribution in [0.25, 0.3) is 10.2 Å². The summed E-state index contributed by atoms with van der Waals surface area (Å²) in [5.74, 6) is -0.488. The summed E-state index contributed by atoms with van der Waals surface area (Å²) in [6, 6.07) is 4.75. The number of thiophene rings is 1. The summed E-state index contributed by atoms with van der Waals surface area (Å²) in [6.45, 7) is 1.92. The molecular formula is C16H14ClFN2O2S2. The van der Waals surface area contributed by atoms with Crippen LogP contribution in [0.15, 0.2) is 40.7 Å². The predicted molar refractivity (Wildman–Crippen MR) is 96.0 cm³/mol. The minimum absolute atomic E-state index is 0.0183. The normalized spacial score (nSPS) is 11.8. The highest BCUT2D eigenvalue weighted by Gasteiger charge is 2.26. The fraction of sp³-hybridized carbons (Fsp3) is 0.188. The van der Waals surface area contributed by atoms with Gasteiger partial charge in [-0.05, 0) is 36.2 Å². The van der Waals surface area contributed by atoms with E-state index in [0.717, 1.165) is 17.7 Å². The van der Waals surface area contributed by atoms with E-state index in [2.05, 4.69) is 4.98 Å². The van der Waals surface area contributed by atoms with Crippen LogP contribution >= 0.6 is 22.9 Å². The maximum absolute atomic E-state index is 13.1. The van der Waals surface area contributed by atoms with Crippen molar-refractivity contribution in [3.8, 4) is 0 Å². The maximum atomic E-state index is 13.1. The number of rotatable bonds is 4. The van der Waals surface area contributed by atoms with Gasteiger partial charge in [-0.3, -0.25) is 4.31 Å². The third kappa shape index (κ3) is 2.76. The quantitative estimate of drug-likeness (QED) is 0.666. The van der Waals surface area contributed by atoms with Crippen molar-refractivity contribution in [2.24, 2.45) is 0 Å². The lowest BCUT2D eigenvalue weighted by molar-refractivity contribution is 0.593. The Labute approximate surface area is 148 Å². The number of aryl methyl sites for hydroxylation is 1. The van der Waals surface area contributed by atoms with Crippen LogP contribution in [-0.4, -0.2) is 20.4 Å². The van der Waals surface area contributed by atoms with Gasteiger partial charge in [-0.2, -0.15) is 0 Å². The van der Waals surface area contributed by atoms with E-state index in [9.17, 15) is 12.8 Å². The average Bonchev–Trinajstić information content (AvgIpc) is 2.95. The molecule has 0 aliphatic heterocycles. The number of pyridine rings is 1. The monoisotopic (exact) mass is 384 g/mol. The number of halogens is 2. The van der Waals surface area contributed by atoms with E-state index in [1.807, 2.05) is 6.92 Å². The lowest BCUT2D eigenvalue weighted by Crippen LogP contribution is -2.27. The van der Waals surface area contributed by atoms with E-state index in [0.29, 0.717) is 27.3 Å². The molecule has 0 bridgehead atoms. The minimum Gasteiger partial charge on any atom is -0.268 e. The molecule has 0 N–H and O–H groups in total. The second kappa shape index (κ2) is 6.31. The van der Waals surface area contributed by atoms with E-state index < -0.39 is 15.8 Å². The van der Waals surface area contributed by atoms with Gasteiger partial charge in [0.25, 0.3) is 10.0 Å². The van der Waals surface area contributed by atoms with Crippen molar-refractivity contribution in [2.75, 3.05) is 11.4 Å². The first-order valence-electron chi connectivity index (χ1n) is 7.15. The number of hydrogen-bond acceptors (Lipinski definition) is 4. The third-order valence-electron chi connectivity index (χ3n) is 3.77. The molecule has 24 heavy (non-hydrogen) atoms. The predicted octanol–water partition coefficient (Wildman–Crippen LogP) is 4.48. The summed E-state index contributed by atoms with van der Waals surface area (Å²) in [5.41, 5.74) is 1.29. The van der Waals surface area contributed by atoms with Crippen molar-refractivity contribution in [3.05, 3.63) is 52.2 Å². The van der Waals surface area contributed by atoms with Gasteiger partial charge in [0.1, 0.15) is 10.6 Å². The van der Waals surface area contributed by atoms with Crippen molar-refractivity contribution >= 4 is 48.9 Å². The first kappa shape index (κ1) is 17.1. The van der Waals surface area contributed by atoms with Gasteiger partial charge in [0.05, 0.1) is 21.0 Å². The first-order chi connectivity index (χ1) is 11.4. The zero-order chi connectivity index (χ0) is 17.5. The van der Waals surface area contributed by atoms with E-state index in [1.54, 1.807) is 11.6 Å². The Balaban J connectivity index is 2.22. The van der Waals surface area contributed by atoms with Gasteiger partial charge >= 0.3 is 0 Å². The van der Waals surface area contributed by atoms with Crippen molar-refractivity contribution in [1.29, 1.82) is 0 Å². The van der Waals surface area contributed by atoms with Crippen LogP contribution in [0.4, 0.5) is 10.1 Å². The topological polar surface area (TPSA) is 50.3 Å². The number of hydrogen-bond donors (Lipinski definition) is 0. The van der Waals surface area contributed by atoms with E-state index in [1.165, 1.54) is 34.8 Å². The molecule has 0 fully saturated rings. The maximum Gasteiger partial charge on any atom is 0.264 e. The van der Waals surface area contributed by atoms with Crippen LogP contribution < -0.4 is 4.31 Å². The fourth-order valence-electron chi connectivity index (χ4n) is 2.50. The van der Waals surface area contributed by atoms with Crippen molar-refractivity contribution in [1.82, 2.24) is 4.98 Å². The van der Waals surface area contributed by atoms with Gasteiger partial charge in [-0.15, -0.1) is 11.3 Å². The zero-order valence-corrected chi connectivity index (χ0v) is 15.3. The van der Waals surface area contributed by atoms with E-state index >= 15 is 0 Å². The van der Waals surface area contributed by atoms with Gasteiger partial charge in [-0.25, -0.2) is 17.8 Å². The van der Waals surface area contributed by atoms with Crippen molar-refractivity contribution < 1.29 is 12.8 Å². The Morgan fingerprint density at radius 2 is 1.96 bits per heavy atom. The largest absolute Gasteiger partial charge is 0.268 e. The third-order valence-corrected chi connectivity index (χ3v) is 6.86. The number of anilines is 1. The molecule has 0 atom stereocenters. The van der Waals surface area contributed by atoms with Gasteiger partial charge in [-0.1, -0.05) is 18.5 Å². The molecule has 3 aromatic rings. The minimum atomic E-state index is -3.84. The van der Waals surface area contributed by atoms with Crippen LogP contribution in [0.1, 0.15) is 12.5 Å². The Kier molecular flexibility index (Phi) is 4.50. The van der Waals surface area contributed by atoms with Crippen LogP contribution in [0.2, 0.25) is 5.02 Å². The van der Waals surface area contributed by atoms with Gasteiger partial charge in [0, 0.05) is 18.6 Å². The van der Waals surface area contributed by atoms with Crippen LogP contribution in [0.3, 0.4) is 0 Å². The molecule has 126 valence electrons. The fourth-order valence-corrected chi connectivity index (χ4v) is 4.88. The van der Waals surface area contributed by atoms with E-state index in [4.69, 9.17) is 11.6 Å². The SMILES string of the molecule is CCc1cnc2scc(Cl)c2c1N(C)S(=O)(=O)c1ccc(F)cc1. The summed E-state index contributed by atoms with van der Waals surface area (Å²) in [6.07, 6.45) is 2.27. The van der Waals surface area contributed by atoms with Crippen LogP contribution in [0, 0.1) is 5.82 Å². The van der Waals surface area contributed by atoms with Gasteiger partial charge < -0.3 is 0 Å².